The molecule has 0 spiro atoms. The van der Waals surface area contributed by atoms with E-state index in [1.54, 1.807) is 19.9 Å². The first kappa shape index (κ1) is 15.1. The van der Waals surface area contributed by atoms with E-state index in [-0.39, 0.29) is 0 Å². The van der Waals surface area contributed by atoms with E-state index < -0.39 is 5.60 Å². The maximum absolute atomic E-state index is 10.2. The number of nitrogens with zero attached hydrogens (tertiary/aromatic N) is 1. The third kappa shape index (κ3) is 2.53. The maximum Gasteiger partial charge on any atom is 0.223 e. The van der Waals surface area contributed by atoms with Crippen molar-refractivity contribution in [2.75, 3.05) is 5.73 Å². The fourth-order valence-corrected chi connectivity index (χ4v) is 3.20. The van der Waals surface area contributed by atoms with Gasteiger partial charge in [0, 0.05) is 16.8 Å². The van der Waals surface area contributed by atoms with Crippen molar-refractivity contribution in [2.24, 2.45) is 0 Å². The smallest absolute Gasteiger partial charge is 0.223 e. The van der Waals surface area contributed by atoms with Crippen molar-refractivity contribution in [3.05, 3.63) is 40.3 Å². The van der Waals surface area contributed by atoms with Gasteiger partial charge in [-0.15, -0.1) is 0 Å². The summed E-state index contributed by atoms with van der Waals surface area (Å²) in [5.74, 6) is 0.563. The van der Waals surface area contributed by atoms with Gasteiger partial charge in [0.05, 0.1) is 10.6 Å². The number of aromatic nitrogens is 1. The molecule has 2 aromatic rings. The van der Waals surface area contributed by atoms with Gasteiger partial charge in [-0.2, -0.15) is 0 Å². The van der Waals surface area contributed by atoms with Gasteiger partial charge in [-0.05, 0) is 39.7 Å². The molecule has 0 aliphatic heterocycles. The summed E-state index contributed by atoms with van der Waals surface area (Å²) in [4.78, 5) is 4.50. The molecule has 5 heteroatoms. The van der Waals surface area contributed by atoms with Gasteiger partial charge in [0.2, 0.25) is 5.89 Å². The number of hydrogen-bond donors (Lipinski definition) is 2. The van der Waals surface area contributed by atoms with Gasteiger partial charge in [-0.1, -0.05) is 29.3 Å². The van der Waals surface area contributed by atoms with Crippen LogP contribution in [0.5, 0.6) is 0 Å². The number of rotatable bonds is 2. The minimum atomic E-state index is -1.15. The molecule has 0 amide bonds. The highest BCUT2D eigenvalue weighted by molar-refractivity contribution is 6.36. The number of hydrogen-bond acceptors (Lipinski definition) is 4. The lowest BCUT2D eigenvalue weighted by Crippen LogP contribution is -2.18. The first-order chi connectivity index (χ1) is 10.3. The summed E-state index contributed by atoms with van der Waals surface area (Å²) in [6, 6.07) is 1.70. The Bertz CT molecular complexity index is 810. The Kier molecular flexibility index (Phi) is 3.54. The highest BCUT2D eigenvalue weighted by Crippen LogP contribution is 2.40. The molecular formula is C17H19ClN2O2. The van der Waals surface area contributed by atoms with E-state index in [0.29, 0.717) is 33.3 Å². The average molecular weight is 319 g/mol. The molecule has 0 fully saturated rings. The number of fused-ring (bicyclic) bond motifs is 1. The van der Waals surface area contributed by atoms with Gasteiger partial charge in [0.15, 0.2) is 5.58 Å². The van der Waals surface area contributed by atoms with Crippen LogP contribution in [0.25, 0.3) is 16.7 Å². The largest absolute Gasteiger partial charge is 0.435 e. The Balaban J connectivity index is 2.17. The van der Waals surface area contributed by atoms with E-state index in [1.807, 2.05) is 6.08 Å². The van der Waals surface area contributed by atoms with Crippen molar-refractivity contribution >= 4 is 34.0 Å². The number of halogens is 1. The molecule has 3 N–H and O–H groups in total. The predicted octanol–water partition coefficient (Wildman–Crippen LogP) is 4.41. The van der Waals surface area contributed by atoms with Crippen LogP contribution in [0.3, 0.4) is 0 Å². The van der Waals surface area contributed by atoms with Crippen LogP contribution in [-0.4, -0.2) is 10.1 Å². The number of allylic oxidation sites excluding steroid dienone is 4. The van der Waals surface area contributed by atoms with Crippen LogP contribution in [0.2, 0.25) is 5.02 Å². The summed E-state index contributed by atoms with van der Waals surface area (Å²) >= 11 is 6.40. The second-order valence-electron chi connectivity index (χ2n) is 6.29. The standard InChI is InChI=1S/C17H19ClN2O2/c1-9-4-6-10(7-5-9)16-20-12-8-11(19)13(17(2,3)21)14(18)15(12)22-16/h4,6,8,21H,5,7,19H2,1-3H3. The van der Waals surface area contributed by atoms with Gasteiger partial charge in [-0.25, -0.2) is 4.98 Å². The van der Waals surface area contributed by atoms with Crippen LogP contribution in [0, 0.1) is 0 Å². The number of nitrogens with two attached hydrogens (primary N) is 1. The van der Waals surface area contributed by atoms with Crippen LogP contribution in [0.15, 0.2) is 28.2 Å². The van der Waals surface area contributed by atoms with Crippen molar-refractivity contribution in [3.63, 3.8) is 0 Å². The predicted molar refractivity (Wildman–Crippen MR) is 89.6 cm³/mol. The van der Waals surface area contributed by atoms with Gasteiger partial charge >= 0.3 is 0 Å². The van der Waals surface area contributed by atoms with Crippen molar-refractivity contribution in [2.45, 2.75) is 39.2 Å². The zero-order valence-electron chi connectivity index (χ0n) is 12.9. The highest BCUT2D eigenvalue weighted by Gasteiger charge is 2.27. The zero-order valence-corrected chi connectivity index (χ0v) is 13.7. The molecule has 1 aliphatic carbocycles. The number of nitrogen functional groups attached to an aromatic ring is 1. The molecule has 0 atom stereocenters. The average Bonchev–Trinajstić information content (AvgIpc) is 2.82. The fourth-order valence-electron chi connectivity index (χ4n) is 2.73. The quantitative estimate of drug-likeness (QED) is 0.804. The summed E-state index contributed by atoms with van der Waals surface area (Å²) in [7, 11) is 0. The molecule has 0 radical (unpaired) electrons. The molecule has 1 aromatic heterocycles. The third-order valence-corrected chi connectivity index (χ3v) is 4.26. The molecule has 116 valence electrons. The Hall–Kier alpha value is -1.78. The SMILES string of the molecule is CC1=CC=C(c2nc3cc(N)c(C(C)(C)O)c(Cl)c3o2)CC1. The summed E-state index contributed by atoms with van der Waals surface area (Å²) in [5, 5.41) is 10.6. The zero-order chi connectivity index (χ0) is 16.1. The van der Waals surface area contributed by atoms with Gasteiger partial charge in [0.25, 0.3) is 0 Å². The molecule has 0 saturated carbocycles. The van der Waals surface area contributed by atoms with E-state index in [0.717, 1.165) is 18.4 Å². The first-order valence-corrected chi connectivity index (χ1v) is 7.63. The van der Waals surface area contributed by atoms with Crippen LogP contribution < -0.4 is 5.73 Å². The van der Waals surface area contributed by atoms with Crippen LogP contribution >= 0.6 is 11.6 Å². The van der Waals surface area contributed by atoms with E-state index >= 15 is 0 Å². The monoisotopic (exact) mass is 318 g/mol. The second-order valence-corrected chi connectivity index (χ2v) is 6.66. The van der Waals surface area contributed by atoms with E-state index in [2.05, 4.69) is 18.0 Å². The molecule has 1 heterocycles. The second kappa shape index (κ2) is 5.14. The lowest BCUT2D eigenvalue weighted by molar-refractivity contribution is 0.0795. The Morgan fingerprint density at radius 3 is 2.64 bits per heavy atom. The number of aliphatic hydroxyl groups is 1. The summed E-state index contributed by atoms with van der Waals surface area (Å²) in [6.45, 7) is 5.39. The molecular weight excluding hydrogens is 300 g/mol. The molecule has 3 rings (SSSR count). The molecule has 1 aromatic carbocycles. The molecule has 0 unspecified atom stereocenters. The minimum Gasteiger partial charge on any atom is -0.435 e. The van der Waals surface area contributed by atoms with E-state index in [4.69, 9.17) is 21.8 Å². The third-order valence-electron chi connectivity index (χ3n) is 3.90. The van der Waals surface area contributed by atoms with Gasteiger partial charge < -0.3 is 15.3 Å². The van der Waals surface area contributed by atoms with Gasteiger partial charge in [-0.3, -0.25) is 0 Å². The first-order valence-electron chi connectivity index (χ1n) is 7.25. The van der Waals surface area contributed by atoms with Crippen LogP contribution in [0.1, 0.15) is 45.1 Å². The van der Waals surface area contributed by atoms with Crippen LogP contribution in [-0.2, 0) is 5.60 Å². The Morgan fingerprint density at radius 2 is 2.05 bits per heavy atom. The van der Waals surface area contributed by atoms with Gasteiger partial charge in [0.1, 0.15) is 5.52 Å². The van der Waals surface area contributed by atoms with E-state index in [1.165, 1.54) is 5.57 Å². The van der Waals surface area contributed by atoms with E-state index in [9.17, 15) is 5.11 Å². The molecule has 22 heavy (non-hydrogen) atoms. The minimum absolute atomic E-state index is 0.324. The molecule has 0 bridgehead atoms. The van der Waals surface area contributed by atoms with Crippen molar-refractivity contribution in [1.82, 2.24) is 4.98 Å². The molecule has 1 aliphatic rings. The lowest BCUT2D eigenvalue weighted by Gasteiger charge is -2.21. The number of oxazole rings is 1. The highest BCUT2D eigenvalue weighted by atomic mass is 35.5. The molecule has 0 saturated heterocycles. The fraction of sp³-hybridized carbons (Fsp3) is 0.353. The number of anilines is 1. The summed E-state index contributed by atoms with van der Waals surface area (Å²) in [6.07, 6.45) is 5.99. The Morgan fingerprint density at radius 1 is 1.32 bits per heavy atom. The normalized spacial score (nSPS) is 15.9. The van der Waals surface area contributed by atoms with Crippen molar-refractivity contribution in [3.8, 4) is 0 Å². The summed E-state index contributed by atoms with van der Waals surface area (Å²) in [5.41, 5.74) is 9.23. The van der Waals surface area contributed by atoms with Crippen molar-refractivity contribution < 1.29 is 9.52 Å². The summed E-state index contributed by atoms with van der Waals surface area (Å²) < 4.78 is 5.86. The number of benzene rings is 1. The van der Waals surface area contributed by atoms with Crippen LogP contribution in [0.4, 0.5) is 5.69 Å². The maximum atomic E-state index is 10.2. The Labute approximate surface area is 134 Å². The van der Waals surface area contributed by atoms with Crippen molar-refractivity contribution in [1.29, 1.82) is 0 Å². The molecule has 4 nitrogen and oxygen atoms in total. The topological polar surface area (TPSA) is 72.3 Å². The lowest BCUT2D eigenvalue weighted by atomic mass is 9.96.